The smallest absolute Gasteiger partial charge is 0.224 e. The number of hydrogen-bond acceptors (Lipinski definition) is 4. The van der Waals surface area contributed by atoms with Crippen molar-refractivity contribution in [3.63, 3.8) is 0 Å². The summed E-state index contributed by atoms with van der Waals surface area (Å²) in [7, 11) is 0. The van der Waals surface area contributed by atoms with E-state index in [2.05, 4.69) is 10.5 Å². The fraction of sp³-hybridized carbons (Fsp3) is 0.231. The molecular weight excluding hydrogens is 230 g/mol. The van der Waals surface area contributed by atoms with Gasteiger partial charge in [-0.15, -0.1) is 0 Å². The maximum atomic E-state index is 11.8. The van der Waals surface area contributed by atoms with Gasteiger partial charge >= 0.3 is 0 Å². The first-order chi connectivity index (χ1) is 8.79. The second-order valence-electron chi connectivity index (χ2n) is 3.91. The van der Waals surface area contributed by atoms with Gasteiger partial charge in [0.05, 0.1) is 19.2 Å². The Bertz CT molecular complexity index is 509. The molecule has 0 bridgehead atoms. The van der Waals surface area contributed by atoms with Crippen molar-refractivity contribution in [3.8, 4) is 0 Å². The molecule has 5 heteroatoms. The maximum absolute atomic E-state index is 11.8. The lowest BCUT2D eigenvalue weighted by molar-refractivity contribution is -0.120. The number of amides is 1. The number of benzene rings is 1. The number of carbonyl (C=O) groups is 1. The topological polar surface area (TPSA) is 81.2 Å². The van der Waals surface area contributed by atoms with Crippen LogP contribution < -0.4 is 11.1 Å². The molecule has 1 aromatic carbocycles. The van der Waals surface area contributed by atoms with Gasteiger partial charge in [0.15, 0.2) is 5.76 Å². The lowest BCUT2D eigenvalue weighted by Gasteiger charge is -2.07. The summed E-state index contributed by atoms with van der Waals surface area (Å²) in [6.07, 6.45) is 1.87. The summed E-state index contributed by atoms with van der Waals surface area (Å²) < 4.78 is 4.89. The molecular formula is C13H15N3O2. The molecule has 0 aliphatic heterocycles. The number of aromatic nitrogens is 1. The minimum absolute atomic E-state index is 0.0627. The molecule has 2 aromatic rings. The maximum Gasteiger partial charge on any atom is 0.224 e. The average Bonchev–Trinajstić information content (AvgIpc) is 2.90. The first-order valence-corrected chi connectivity index (χ1v) is 5.72. The Hall–Kier alpha value is -2.14. The molecule has 0 radical (unpaired) electrons. The molecule has 94 valence electrons. The lowest BCUT2D eigenvalue weighted by Crippen LogP contribution is -2.25. The van der Waals surface area contributed by atoms with Crippen LogP contribution in [0.1, 0.15) is 16.9 Å². The van der Waals surface area contributed by atoms with Crippen molar-refractivity contribution in [2.24, 2.45) is 5.73 Å². The summed E-state index contributed by atoms with van der Waals surface area (Å²) in [6.45, 7) is 0.787. The fourth-order valence-corrected chi connectivity index (χ4v) is 1.68. The molecule has 2 rings (SSSR count). The third kappa shape index (κ3) is 3.18. The van der Waals surface area contributed by atoms with E-state index < -0.39 is 0 Å². The molecule has 0 fully saturated rings. The molecule has 1 aromatic heterocycles. The van der Waals surface area contributed by atoms with E-state index >= 15 is 0 Å². The summed E-state index contributed by atoms with van der Waals surface area (Å²) in [5.41, 5.74) is 7.57. The second-order valence-corrected chi connectivity index (χ2v) is 3.91. The van der Waals surface area contributed by atoms with Gasteiger partial charge in [0.25, 0.3) is 0 Å². The minimum atomic E-state index is -0.0627. The van der Waals surface area contributed by atoms with Gasteiger partial charge in [0.1, 0.15) is 0 Å². The van der Waals surface area contributed by atoms with Crippen LogP contribution in [-0.4, -0.2) is 11.1 Å². The molecule has 3 N–H and O–H groups in total. The predicted molar refractivity (Wildman–Crippen MR) is 66.4 cm³/mol. The zero-order valence-electron chi connectivity index (χ0n) is 9.93. The summed E-state index contributed by atoms with van der Waals surface area (Å²) in [6, 6.07) is 9.37. The van der Waals surface area contributed by atoms with Crippen LogP contribution in [0.5, 0.6) is 0 Å². The Balaban J connectivity index is 1.90. The van der Waals surface area contributed by atoms with E-state index in [9.17, 15) is 4.79 Å². The summed E-state index contributed by atoms with van der Waals surface area (Å²) in [4.78, 5) is 11.8. The van der Waals surface area contributed by atoms with Crippen molar-refractivity contribution in [1.82, 2.24) is 10.5 Å². The largest absolute Gasteiger partial charge is 0.360 e. The number of carbonyl (C=O) groups excluding carboxylic acids is 1. The Labute approximate surface area is 105 Å². The summed E-state index contributed by atoms with van der Waals surface area (Å²) >= 11 is 0. The molecule has 5 nitrogen and oxygen atoms in total. The first-order valence-electron chi connectivity index (χ1n) is 5.72. The van der Waals surface area contributed by atoms with Crippen LogP contribution in [0.25, 0.3) is 0 Å². The van der Waals surface area contributed by atoms with Crippen molar-refractivity contribution >= 4 is 5.91 Å². The molecule has 0 saturated heterocycles. The van der Waals surface area contributed by atoms with E-state index in [1.807, 2.05) is 24.3 Å². The molecule has 0 spiro atoms. The van der Waals surface area contributed by atoms with Gasteiger partial charge in [0, 0.05) is 12.6 Å². The highest BCUT2D eigenvalue weighted by molar-refractivity contribution is 5.78. The van der Waals surface area contributed by atoms with Crippen molar-refractivity contribution < 1.29 is 9.32 Å². The van der Waals surface area contributed by atoms with Gasteiger partial charge in [-0.1, -0.05) is 29.4 Å². The number of nitrogens with one attached hydrogen (secondary N) is 1. The highest BCUT2D eigenvalue weighted by Crippen LogP contribution is 2.08. The molecule has 0 atom stereocenters. The van der Waals surface area contributed by atoms with E-state index in [-0.39, 0.29) is 5.91 Å². The van der Waals surface area contributed by atoms with Crippen LogP contribution in [0.15, 0.2) is 41.1 Å². The van der Waals surface area contributed by atoms with Gasteiger partial charge in [-0.3, -0.25) is 4.79 Å². The van der Waals surface area contributed by atoms with Gasteiger partial charge in [-0.25, -0.2) is 0 Å². The average molecular weight is 245 g/mol. The minimum Gasteiger partial charge on any atom is -0.360 e. The number of nitrogens with two attached hydrogens (primary N) is 1. The number of nitrogens with zero attached hydrogens (tertiary/aromatic N) is 1. The van der Waals surface area contributed by atoms with Crippen LogP contribution >= 0.6 is 0 Å². The van der Waals surface area contributed by atoms with Crippen LogP contribution in [0.4, 0.5) is 0 Å². The fourth-order valence-electron chi connectivity index (χ4n) is 1.68. The Morgan fingerprint density at radius 1 is 1.28 bits per heavy atom. The summed E-state index contributed by atoms with van der Waals surface area (Å²) in [5, 5.41) is 6.34. The highest BCUT2D eigenvalue weighted by atomic mass is 16.5. The van der Waals surface area contributed by atoms with Crippen molar-refractivity contribution in [1.29, 1.82) is 0 Å². The molecule has 0 unspecified atom stereocenters. The van der Waals surface area contributed by atoms with E-state index in [0.29, 0.717) is 25.3 Å². The van der Waals surface area contributed by atoms with E-state index in [1.54, 1.807) is 12.3 Å². The normalized spacial score (nSPS) is 10.3. The monoisotopic (exact) mass is 245 g/mol. The Morgan fingerprint density at radius 2 is 2.06 bits per heavy atom. The zero-order chi connectivity index (χ0) is 12.8. The van der Waals surface area contributed by atoms with Crippen molar-refractivity contribution in [2.75, 3.05) is 0 Å². The van der Waals surface area contributed by atoms with Crippen molar-refractivity contribution in [2.45, 2.75) is 19.5 Å². The third-order valence-electron chi connectivity index (χ3n) is 2.64. The van der Waals surface area contributed by atoms with Crippen molar-refractivity contribution in [3.05, 3.63) is 53.4 Å². The number of rotatable bonds is 5. The standard InChI is InChI=1S/C13H15N3O2/c14-8-11-4-2-1-3-10(11)7-13(17)15-9-12-5-6-16-18-12/h1-6H,7-9,14H2,(H,15,17). The van der Waals surface area contributed by atoms with Crippen LogP contribution in [0.3, 0.4) is 0 Å². The Morgan fingerprint density at radius 3 is 2.72 bits per heavy atom. The molecule has 0 saturated carbocycles. The molecule has 1 amide bonds. The second kappa shape index (κ2) is 5.97. The predicted octanol–water partition coefficient (Wildman–Crippen LogP) is 0.992. The molecule has 1 heterocycles. The first kappa shape index (κ1) is 12.3. The molecule has 18 heavy (non-hydrogen) atoms. The number of hydrogen-bond donors (Lipinski definition) is 2. The van der Waals surface area contributed by atoms with E-state index in [1.165, 1.54) is 0 Å². The SMILES string of the molecule is NCc1ccccc1CC(=O)NCc1ccno1. The van der Waals surface area contributed by atoms with Gasteiger partial charge in [-0.05, 0) is 11.1 Å². The van der Waals surface area contributed by atoms with Gasteiger partial charge in [-0.2, -0.15) is 0 Å². The van der Waals surface area contributed by atoms with E-state index in [0.717, 1.165) is 11.1 Å². The highest BCUT2D eigenvalue weighted by Gasteiger charge is 2.07. The van der Waals surface area contributed by atoms with E-state index in [4.69, 9.17) is 10.3 Å². The summed E-state index contributed by atoms with van der Waals surface area (Å²) in [5.74, 6) is 0.572. The Kier molecular flexibility index (Phi) is 4.09. The van der Waals surface area contributed by atoms with Crippen LogP contribution in [-0.2, 0) is 24.3 Å². The van der Waals surface area contributed by atoms with Gasteiger partial charge in [0.2, 0.25) is 5.91 Å². The lowest BCUT2D eigenvalue weighted by atomic mass is 10.0. The quantitative estimate of drug-likeness (QED) is 0.823. The molecule has 0 aliphatic rings. The van der Waals surface area contributed by atoms with Gasteiger partial charge < -0.3 is 15.6 Å². The molecule has 0 aliphatic carbocycles. The third-order valence-corrected chi connectivity index (χ3v) is 2.64. The van der Waals surface area contributed by atoms with Crippen LogP contribution in [0, 0.1) is 0 Å². The van der Waals surface area contributed by atoms with Crippen LogP contribution in [0.2, 0.25) is 0 Å². The zero-order valence-corrected chi connectivity index (χ0v) is 9.93.